The van der Waals surface area contributed by atoms with Crippen molar-refractivity contribution in [3.8, 4) is 0 Å². The summed E-state index contributed by atoms with van der Waals surface area (Å²) in [5.74, 6) is -1.62. The average molecular weight is 321 g/mol. The van der Waals surface area contributed by atoms with E-state index >= 15 is 0 Å². The van der Waals surface area contributed by atoms with Crippen LogP contribution in [0.4, 0.5) is 13.2 Å². The lowest BCUT2D eigenvalue weighted by atomic mass is 9.95. The van der Waals surface area contributed by atoms with Crippen molar-refractivity contribution in [2.24, 2.45) is 11.8 Å². The Kier molecular flexibility index (Phi) is 5.66. The second-order valence-electron chi connectivity index (χ2n) is 6.02. The summed E-state index contributed by atoms with van der Waals surface area (Å²) in [6, 6.07) is 0. The first-order valence-corrected chi connectivity index (χ1v) is 7.72. The van der Waals surface area contributed by atoms with Crippen molar-refractivity contribution in [3.05, 3.63) is 0 Å². The van der Waals surface area contributed by atoms with E-state index in [4.69, 9.17) is 0 Å². The summed E-state index contributed by atoms with van der Waals surface area (Å²) in [5, 5.41) is 6.07. The molecule has 0 bridgehead atoms. The van der Waals surface area contributed by atoms with Crippen molar-refractivity contribution in [1.29, 1.82) is 0 Å². The molecule has 8 heteroatoms. The number of amides is 2. The topological polar surface area (TPSA) is 61.4 Å². The molecule has 1 unspecified atom stereocenters. The van der Waals surface area contributed by atoms with Crippen molar-refractivity contribution < 1.29 is 22.8 Å². The van der Waals surface area contributed by atoms with Crippen LogP contribution in [-0.4, -0.2) is 55.6 Å². The quantitative estimate of drug-likeness (QED) is 0.812. The summed E-state index contributed by atoms with van der Waals surface area (Å²) in [5.41, 5.74) is 0. The van der Waals surface area contributed by atoms with Gasteiger partial charge in [0.25, 0.3) is 0 Å². The molecule has 2 saturated heterocycles. The molecule has 2 heterocycles. The third-order valence-electron chi connectivity index (χ3n) is 4.38. The number of hydrogen-bond acceptors (Lipinski definition) is 3. The zero-order valence-corrected chi connectivity index (χ0v) is 12.4. The number of piperidine rings is 2. The molecule has 22 heavy (non-hydrogen) atoms. The molecule has 2 aliphatic heterocycles. The highest BCUT2D eigenvalue weighted by atomic mass is 19.4. The van der Waals surface area contributed by atoms with Crippen LogP contribution in [0.15, 0.2) is 0 Å². The van der Waals surface area contributed by atoms with E-state index in [-0.39, 0.29) is 30.8 Å². The van der Waals surface area contributed by atoms with Gasteiger partial charge in [0.2, 0.25) is 5.91 Å². The SMILES string of the molecule is O=C(NCC1CCN(C(=O)C(F)(F)F)CC1)C1CCCNC1. The Hall–Kier alpha value is -1.31. The van der Waals surface area contributed by atoms with Gasteiger partial charge >= 0.3 is 12.1 Å². The predicted octanol–water partition coefficient (Wildman–Crippen LogP) is 0.903. The van der Waals surface area contributed by atoms with Crippen LogP contribution in [0.25, 0.3) is 0 Å². The lowest BCUT2D eigenvalue weighted by molar-refractivity contribution is -0.186. The van der Waals surface area contributed by atoms with E-state index in [0.717, 1.165) is 24.3 Å². The molecule has 5 nitrogen and oxygen atoms in total. The van der Waals surface area contributed by atoms with Gasteiger partial charge in [0.1, 0.15) is 0 Å². The van der Waals surface area contributed by atoms with E-state index in [1.165, 1.54) is 0 Å². The van der Waals surface area contributed by atoms with Gasteiger partial charge < -0.3 is 15.5 Å². The second-order valence-corrected chi connectivity index (χ2v) is 6.02. The van der Waals surface area contributed by atoms with E-state index < -0.39 is 12.1 Å². The summed E-state index contributed by atoms with van der Waals surface area (Å²) in [7, 11) is 0. The highest BCUT2D eigenvalue weighted by molar-refractivity contribution is 5.82. The minimum Gasteiger partial charge on any atom is -0.356 e. The molecule has 0 aromatic carbocycles. The number of alkyl halides is 3. The summed E-state index contributed by atoms with van der Waals surface area (Å²) in [6.07, 6.45) is -1.96. The third kappa shape index (κ3) is 4.59. The van der Waals surface area contributed by atoms with E-state index in [0.29, 0.717) is 25.9 Å². The first-order chi connectivity index (χ1) is 10.4. The summed E-state index contributed by atoms with van der Waals surface area (Å²) >= 11 is 0. The zero-order chi connectivity index (χ0) is 16.2. The molecule has 2 rings (SSSR count). The number of rotatable bonds is 3. The molecule has 0 radical (unpaired) electrons. The predicted molar refractivity (Wildman–Crippen MR) is 74.0 cm³/mol. The summed E-state index contributed by atoms with van der Waals surface area (Å²) in [4.78, 5) is 24.0. The lowest BCUT2D eigenvalue weighted by Crippen LogP contribution is -2.47. The molecule has 0 aromatic heterocycles. The maximum Gasteiger partial charge on any atom is 0.471 e. The molecule has 1 atom stereocenters. The van der Waals surface area contributed by atoms with Crippen LogP contribution in [0.1, 0.15) is 25.7 Å². The van der Waals surface area contributed by atoms with Gasteiger partial charge in [-0.1, -0.05) is 0 Å². The van der Waals surface area contributed by atoms with Gasteiger partial charge in [0, 0.05) is 26.2 Å². The number of nitrogens with one attached hydrogen (secondary N) is 2. The van der Waals surface area contributed by atoms with Crippen LogP contribution in [0, 0.1) is 11.8 Å². The lowest BCUT2D eigenvalue weighted by Gasteiger charge is -2.32. The Morgan fingerprint density at radius 3 is 2.41 bits per heavy atom. The van der Waals surface area contributed by atoms with Crippen molar-refractivity contribution in [2.45, 2.75) is 31.9 Å². The van der Waals surface area contributed by atoms with Gasteiger partial charge in [0.05, 0.1) is 5.92 Å². The Balaban J connectivity index is 1.69. The fourth-order valence-corrected chi connectivity index (χ4v) is 2.98. The van der Waals surface area contributed by atoms with Crippen molar-refractivity contribution >= 4 is 11.8 Å². The van der Waals surface area contributed by atoms with Crippen molar-refractivity contribution in [2.75, 3.05) is 32.7 Å². The van der Waals surface area contributed by atoms with E-state index in [1.54, 1.807) is 0 Å². The minimum absolute atomic E-state index is 0.0133. The van der Waals surface area contributed by atoms with Gasteiger partial charge in [-0.05, 0) is 38.1 Å². The first-order valence-electron chi connectivity index (χ1n) is 7.72. The molecule has 2 amide bonds. The fourth-order valence-electron chi connectivity index (χ4n) is 2.98. The zero-order valence-electron chi connectivity index (χ0n) is 12.4. The highest BCUT2D eigenvalue weighted by Gasteiger charge is 2.43. The molecule has 2 fully saturated rings. The Morgan fingerprint density at radius 2 is 1.86 bits per heavy atom. The largest absolute Gasteiger partial charge is 0.471 e. The normalized spacial score (nSPS) is 24.1. The molecule has 2 aliphatic rings. The van der Waals surface area contributed by atoms with Gasteiger partial charge in [0.15, 0.2) is 0 Å². The maximum atomic E-state index is 12.3. The maximum absolute atomic E-state index is 12.3. The van der Waals surface area contributed by atoms with Crippen LogP contribution >= 0.6 is 0 Å². The monoisotopic (exact) mass is 321 g/mol. The molecule has 0 aromatic rings. The smallest absolute Gasteiger partial charge is 0.356 e. The first kappa shape index (κ1) is 17.1. The van der Waals surface area contributed by atoms with Crippen molar-refractivity contribution in [3.63, 3.8) is 0 Å². The van der Waals surface area contributed by atoms with Crippen molar-refractivity contribution in [1.82, 2.24) is 15.5 Å². The highest BCUT2D eigenvalue weighted by Crippen LogP contribution is 2.23. The Labute approximate surface area is 127 Å². The standard InChI is InChI=1S/C14H22F3N3O2/c15-14(16,17)13(22)20-6-3-10(4-7-20)8-19-12(21)11-2-1-5-18-9-11/h10-11,18H,1-9H2,(H,19,21). The van der Waals surface area contributed by atoms with Gasteiger partial charge in [-0.2, -0.15) is 13.2 Å². The van der Waals surface area contributed by atoms with Gasteiger partial charge in [-0.3, -0.25) is 9.59 Å². The van der Waals surface area contributed by atoms with Gasteiger partial charge in [-0.25, -0.2) is 0 Å². The summed E-state index contributed by atoms with van der Waals surface area (Å²) < 4.78 is 37.0. The third-order valence-corrected chi connectivity index (χ3v) is 4.38. The van der Waals surface area contributed by atoms with Crippen LogP contribution in [0.5, 0.6) is 0 Å². The molecule has 126 valence electrons. The number of carbonyl (C=O) groups excluding carboxylic acids is 2. The number of halogens is 3. The average Bonchev–Trinajstić information content (AvgIpc) is 2.52. The van der Waals surface area contributed by atoms with E-state index in [2.05, 4.69) is 10.6 Å². The van der Waals surface area contributed by atoms with Crippen LogP contribution in [0.3, 0.4) is 0 Å². The fraction of sp³-hybridized carbons (Fsp3) is 0.857. The number of hydrogen-bond donors (Lipinski definition) is 2. The number of nitrogens with zero attached hydrogens (tertiary/aromatic N) is 1. The van der Waals surface area contributed by atoms with Crippen LogP contribution in [0.2, 0.25) is 0 Å². The minimum atomic E-state index is -4.80. The number of likely N-dealkylation sites (tertiary alicyclic amines) is 1. The van der Waals surface area contributed by atoms with Gasteiger partial charge in [-0.15, -0.1) is 0 Å². The Bertz CT molecular complexity index is 401. The molecular formula is C14H22F3N3O2. The number of carbonyl (C=O) groups is 2. The molecule has 2 N–H and O–H groups in total. The molecular weight excluding hydrogens is 299 g/mol. The van der Waals surface area contributed by atoms with Crippen LogP contribution in [-0.2, 0) is 9.59 Å². The molecule has 0 spiro atoms. The Morgan fingerprint density at radius 1 is 1.18 bits per heavy atom. The molecule has 0 aliphatic carbocycles. The molecule has 0 saturated carbocycles. The van der Waals surface area contributed by atoms with E-state index in [9.17, 15) is 22.8 Å². The van der Waals surface area contributed by atoms with E-state index in [1.807, 2.05) is 0 Å². The summed E-state index contributed by atoms with van der Waals surface area (Å²) in [6.45, 7) is 2.30. The second kappa shape index (κ2) is 7.30. The van der Waals surface area contributed by atoms with Crippen LogP contribution < -0.4 is 10.6 Å².